The van der Waals surface area contributed by atoms with Crippen LogP contribution >= 0.6 is 11.3 Å². The van der Waals surface area contributed by atoms with Crippen LogP contribution in [0.4, 0.5) is 0 Å². The van der Waals surface area contributed by atoms with Crippen molar-refractivity contribution in [3.8, 4) is 0 Å². The molecular formula is C13H17N3O2S. The van der Waals surface area contributed by atoms with Crippen molar-refractivity contribution in [3.05, 3.63) is 34.1 Å². The summed E-state index contributed by atoms with van der Waals surface area (Å²) in [5.74, 6) is 0.729. The highest BCUT2D eigenvalue weighted by molar-refractivity contribution is 7.10. The Morgan fingerprint density at radius 3 is 2.79 bits per heavy atom. The summed E-state index contributed by atoms with van der Waals surface area (Å²) >= 11 is 1.57. The van der Waals surface area contributed by atoms with Gasteiger partial charge in [0.05, 0.1) is 5.92 Å². The Morgan fingerprint density at radius 1 is 1.53 bits per heavy atom. The lowest BCUT2D eigenvalue weighted by Crippen LogP contribution is -2.43. The number of nitrogens with zero attached hydrogens (tertiary/aromatic N) is 2. The zero-order valence-corrected chi connectivity index (χ0v) is 12.2. The molecule has 2 heterocycles. The molecule has 1 amide bonds. The smallest absolute Gasteiger partial charge is 0.251 e. The second-order valence-corrected chi connectivity index (χ2v) is 5.98. The van der Waals surface area contributed by atoms with Gasteiger partial charge in [-0.2, -0.15) is 4.98 Å². The number of carbonyl (C=O) groups is 1. The molecule has 1 N–H and O–H groups in total. The standard InChI is InChI=1S/C13H17N3O2S/c1-8(10-6-5-7-19-10)11(17)15-13(3,4)12-14-9(2)16-18-12/h5-8H,1-4H3,(H,15,17). The van der Waals surface area contributed by atoms with Gasteiger partial charge < -0.3 is 9.84 Å². The molecule has 0 aliphatic carbocycles. The fourth-order valence-electron chi connectivity index (χ4n) is 1.69. The van der Waals surface area contributed by atoms with Gasteiger partial charge in [-0.1, -0.05) is 11.2 Å². The van der Waals surface area contributed by atoms with Crippen LogP contribution in [0.2, 0.25) is 0 Å². The van der Waals surface area contributed by atoms with Crippen molar-refractivity contribution in [2.75, 3.05) is 0 Å². The molecule has 0 fully saturated rings. The van der Waals surface area contributed by atoms with Crippen LogP contribution in [0.3, 0.4) is 0 Å². The topological polar surface area (TPSA) is 68.0 Å². The van der Waals surface area contributed by atoms with Gasteiger partial charge in [0, 0.05) is 4.88 Å². The molecule has 2 aromatic rings. The second kappa shape index (κ2) is 5.13. The fourth-order valence-corrected chi connectivity index (χ4v) is 2.47. The Kier molecular flexibility index (Phi) is 3.71. The van der Waals surface area contributed by atoms with E-state index in [1.54, 1.807) is 18.3 Å². The number of nitrogens with one attached hydrogen (secondary N) is 1. The molecule has 0 saturated heterocycles. The van der Waals surface area contributed by atoms with Gasteiger partial charge in [0.1, 0.15) is 5.54 Å². The zero-order chi connectivity index (χ0) is 14.0. The number of amides is 1. The largest absolute Gasteiger partial charge is 0.342 e. The Labute approximate surface area is 116 Å². The molecule has 0 bridgehead atoms. The highest BCUT2D eigenvalue weighted by atomic mass is 32.1. The van der Waals surface area contributed by atoms with E-state index in [9.17, 15) is 4.79 Å². The first-order valence-electron chi connectivity index (χ1n) is 6.06. The summed E-state index contributed by atoms with van der Waals surface area (Å²) in [5.41, 5.74) is -0.677. The third kappa shape index (κ3) is 3.01. The van der Waals surface area contributed by atoms with Crippen LogP contribution in [0.25, 0.3) is 0 Å². The lowest BCUT2D eigenvalue weighted by atomic mass is 10.0. The summed E-state index contributed by atoms with van der Waals surface area (Å²) in [4.78, 5) is 17.4. The molecule has 6 heteroatoms. The Bertz CT molecular complexity index is 560. The first kappa shape index (κ1) is 13.7. The quantitative estimate of drug-likeness (QED) is 0.934. The molecule has 0 saturated carbocycles. The number of aromatic nitrogens is 2. The van der Waals surface area contributed by atoms with E-state index in [0.717, 1.165) is 4.88 Å². The van der Waals surface area contributed by atoms with Crippen molar-refractivity contribution in [2.45, 2.75) is 39.2 Å². The van der Waals surface area contributed by atoms with Gasteiger partial charge in [-0.3, -0.25) is 4.79 Å². The number of rotatable bonds is 4. The van der Waals surface area contributed by atoms with Crippen LogP contribution in [0.15, 0.2) is 22.0 Å². The van der Waals surface area contributed by atoms with E-state index in [4.69, 9.17) is 4.52 Å². The maximum atomic E-state index is 12.2. The molecule has 5 nitrogen and oxygen atoms in total. The molecule has 102 valence electrons. The van der Waals surface area contributed by atoms with Gasteiger partial charge in [-0.05, 0) is 39.1 Å². The summed E-state index contributed by atoms with van der Waals surface area (Å²) in [6.45, 7) is 7.33. The van der Waals surface area contributed by atoms with Crippen molar-refractivity contribution < 1.29 is 9.32 Å². The monoisotopic (exact) mass is 279 g/mol. The van der Waals surface area contributed by atoms with Crippen molar-refractivity contribution in [1.29, 1.82) is 0 Å². The predicted molar refractivity (Wildman–Crippen MR) is 72.9 cm³/mol. The van der Waals surface area contributed by atoms with E-state index in [0.29, 0.717) is 11.7 Å². The molecule has 2 aromatic heterocycles. The third-order valence-electron chi connectivity index (χ3n) is 2.86. The number of aryl methyl sites for hydroxylation is 1. The van der Waals surface area contributed by atoms with E-state index < -0.39 is 5.54 Å². The molecule has 0 spiro atoms. The predicted octanol–water partition coefficient (Wildman–Crippen LogP) is 2.59. The summed E-state index contributed by atoms with van der Waals surface area (Å²) in [6.07, 6.45) is 0. The minimum absolute atomic E-state index is 0.0525. The summed E-state index contributed by atoms with van der Waals surface area (Å²) in [6, 6.07) is 3.90. The van der Waals surface area contributed by atoms with E-state index in [1.807, 2.05) is 38.3 Å². The SMILES string of the molecule is Cc1noc(C(C)(C)NC(=O)C(C)c2cccs2)n1. The molecular weight excluding hydrogens is 262 g/mol. The van der Waals surface area contributed by atoms with Gasteiger partial charge in [-0.15, -0.1) is 11.3 Å². The number of hydrogen-bond donors (Lipinski definition) is 1. The second-order valence-electron chi connectivity index (χ2n) is 5.00. The number of hydrogen-bond acceptors (Lipinski definition) is 5. The van der Waals surface area contributed by atoms with Crippen LogP contribution in [0.5, 0.6) is 0 Å². The fraction of sp³-hybridized carbons (Fsp3) is 0.462. The van der Waals surface area contributed by atoms with Crippen LogP contribution in [-0.4, -0.2) is 16.0 Å². The van der Waals surface area contributed by atoms with Crippen molar-refractivity contribution >= 4 is 17.2 Å². The summed E-state index contributed by atoms with van der Waals surface area (Å²) < 4.78 is 5.13. The van der Waals surface area contributed by atoms with E-state index >= 15 is 0 Å². The maximum absolute atomic E-state index is 12.2. The molecule has 0 aliphatic heterocycles. The Hall–Kier alpha value is -1.69. The highest BCUT2D eigenvalue weighted by Crippen LogP contribution is 2.24. The molecule has 0 aromatic carbocycles. The Balaban J connectivity index is 2.10. The van der Waals surface area contributed by atoms with Crippen LogP contribution in [0, 0.1) is 6.92 Å². The highest BCUT2D eigenvalue weighted by Gasteiger charge is 2.31. The molecule has 1 unspecified atom stereocenters. The molecule has 0 aliphatic rings. The lowest BCUT2D eigenvalue weighted by Gasteiger charge is -2.23. The van der Waals surface area contributed by atoms with Crippen LogP contribution in [0.1, 0.15) is 43.3 Å². The lowest BCUT2D eigenvalue weighted by molar-refractivity contribution is -0.124. The van der Waals surface area contributed by atoms with E-state index in [1.165, 1.54) is 0 Å². The first-order chi connectivity index (χ1) is 8.90. The molecule has 2 rings (SSSR count). The first-order valence-corrected chi connectivity index (χ1v) is 6.94. The Morgan fingerprint density at radius 2 is 2.26 bits per heavy atom. The average Bonchev–Trinajstić information content (AvgIpc) is 2.97. The normalized spacial score (nSPS) is 13.3. The summed E-state index contributed by atoms with van der Waals surface area (Å²) in [7, 11) is 0. The van der Waals surface area contributed by atoms with Crippen LogP contribution in [-0.2, 0) is 10.3 Å². The van der Waals surface area contributed by atoms with Crippen LogP contribution < -0.4 is 5.32 Å². The maximum Gasteiger partial charge on any atom is 0.251 e. The minimum Gasteiger partial charge on any atom is -0.342 e. The van der Waals surface area contributed by atoms with E-state index in [2.05, 4.69) is 15.5 Å². The average molecular weight is 279 g/mol. The van der Waals surface area contributed by atoms with Gasteiger partial charge >= 0.3 is 0 Å². The van der Waals surface area contributed by atoms with E-state index in [-0.39, 0.29) is 11.8 Å². The third-order valence-corrected chi connectivity index (χ3v) is 3.92. The van der Waals surface area contributed by atoms with Gasteiger partial charge in [0.2, 0.25) is 5.91 Å². The van der Waals surface area contributed by atoms with Crippen molar-refractivity contribution in [1.82, 2.24) is 15.5 Å². The van der Waals surface area contributed by atoms with Crippen molar-refractivity contribution in [2.24, 2.45) is 0 Å². The number of carbonyl (C=O) groups excluding carboxylic acids is 1. The van der Waals surface area contributed by atoms with Gasteiger partial charge in [0.15, 0.2) is 5.82 Å². The molecule has 0 radical (unpaired) electrons. The summed E-state index contributed by atoms with van der Waals surface area (Å²) in [5, 5.41) is 8.66. The minimum atomic E-state index is -0.677. The molecule has 1 atom stereocenters. The number of thiophene rings is 1. The van der Waals surface area contributed by atoms with Gasteiger partial charge in [-0.25, -0.2) is 0 Å². The zero-order valence-electron chi connectivity index (χ0n) is 11.4. The van der Waals surface area contributed by atoms with Crippen molar-refractivity contribution in [3.63, 3.8) is 0 Å². The molecule has 19 heavy (non-hydrogen) atoms. The van der Waals surface area contributed by atoms with Gasteiger partial charge in [0.25, 0.3) is 5.89 Å².